The zero-order chi connectivity index (χ0) is 12.5. The summed E-state index contributed by atoms with van der Waals surface area (Å²) in [5.74, 6) is -0.0346. The lowest BCUT2D eigenvalue weighted by atomic mass is 10.2. The van der Waals surface area contributed by atoms with Gasteiger partial charge in [-0.1, -0.05) is 30.3 Å². The van der Waals surface area contributed by atoms with Crippen molar-refractivity contribution >= 4 is 12.0 Å². The van der Waals surface area contributed by atoms with Crippen molar-refractivity contribution in [1.29, 1.82) is 0 Å². The summed E-state index contributed by atoms with van der Waals surface area (Å²) < 4.78 is 0. The molecule has 0 spiro atoms. The summed E-state index contributed by atoms with van der Waals surface area (Å²) in [6.07, 6.45) is 4.37. The van der Waals surface area contributed by atoms with Crippen LogP contribution in [0.3, 0.4) is 0 Å². The van der Waals surface area contributed by atoms with Crippen molar-refractivity contribution in [3.63, 3.8) is 0 Å². The molecule has 0 aliphatic carbocycles. The van der Waals surface area contributed by atoms with E-state index in [0.717, 1.165) is 25.1 Å². The van der Waals surface area contributed by atoms with Crippen LogP contribution in [0.4, 0.5) is 0 Å². The molecule has 0 saturated carbocycles. The van der Waals surface area contributed by atoms with Crippen LogP contribution < -0.4 is 5.32 Å². The second-order valence-corrected chi connectivity index (χ2v) is 4.19. The summed E-state index contributed by atoms with van der Waals surface area (Å²) in [6.45, 7) is 1.71. The van der Waals surface area contributed by atoms with E-state index in [1.807, 2.05) is 50.5 Å². The SMILES string of the molecule is CN(C)CCCNC(=O)/C=C/c1ccccc1. The maximum atomic E-state index is 11.4. The Bertz CT molecular complexity index is 358. The van der Waals surface area contributed by atoms with Crippen LogP contribution in [0.1, 0.15) is 12.0 Å². The Balaban J connectivity index is 2.23. The molecule has 0 heterocycles. The highest BCUT2D eigenvalue weighted by Crippen LogP contribution is 2.00. The zero-order valence-electron chi connectivity index (χ0n) is 10.5. The number of benzene rings is 1. The molecular weight excluding hydrogens is 212 g/mol. The molecule has 0 aliphatic heterocycles. The number of nitrogens with zero attached hydrogens (tertiary/aromatic N) is 1. The monoisotopic (exact) mass is 232 g/mol. The lowest BCUT2D eigenvalue weighted by Crippen LogP contribution is -2.25. The number of amides is 1. The fourth-order valence-electron chi connectivity index (χ4n) is 1.40. The van der Waals surface area contributed by atoms with Gasteiger partial charge < -0.3 is 10.2 Å². The van der Waals surface area contributed by atoms with Crippen LogP contribution in [0, 0.1) is 0 Å². The van der Waals surface area contributed by atoms with E-state index in [9.17, 15) is 4.79 Å². The molecule has 0 unspecified atom stereocenters. The van der Waals surface area contributed by atoms with Crippen molar-refractivity contribution in [2.75, 3.05) is 27.2 Å². The predicted octanol–water partition coefficient (Wildman–Crippen LogP) is 1.77. The van der Waals surface area contributed by atoms with E-state index in [0.29, 0.717) is 0 Å². The predicted molar refractivity (Wildman–Crippen MR) is 71.7 cm³/mol. The summed E-state index contributed by atoms with van der Waals surface area (Å²) in [6, 6.07) is 9.80. The molecule has 1 amide bonds. The van der Waals surface area contributed by atoms with Gasteiger partial charge in [-0.3, -0.25) is 4.79 Å². The van der Waals surface area contributed by atoms with Gasteiger partial charge in [0.15, 0.2) is 0 Å². The second kappa shape index (κ2) is 7.63. The first-order chi connectivity index (χ1) is 8.18. The van der Waals surface area contributed by atoms with Gasteiger partial charge in [-0.25, -0.2) is 0 Å². The minimum atomic E-state index is -0.0346. The van der Waals surface area contributed by atoms with Crippen LogP contribution in [-0.4, -0.2) is 38.0 Å². The minimum Gasteiger partial charge on any atom is -0.353 e. The van der Waals surface area contributed by atoms with Gasteiger partial charge in [0.2, 0.25) is 5.91 Å². The lowest BCUT2D eigenvalue weighted by Gasteiger charge is -2.08. The topological polar surface area (TPSA) is 32.3 Å². The number of hydrogen-bond acceptors (Lipinski definition) is 2. The molecule has 1 N–H and O–H groups in total. The summed E-state index contributed by atoms with van der Waals surface area (Å²) in [7, 11) is 4.05. The first kappa shape index (κ1) is 13.5. The van der Waals surface area contributed by atoms with E-state index in [1.165, 1.54) is 0 Å². The fraction of sp³-hybridized carbons (Fsp3) is 0.357. The number of carbonyl (C=O) groups is 1. The highest BCUT2D eigenvalue weighted by molar-refractivity contribution is 5.91. The molecule has 0 fully saturated rings. The van der Waals surface area contributed by atoms with Crippen molar-refractivity contribution in [2.24, 2.45) is 0 Å². The van der Waals surface area contributed by atoms with Gasteiger partial charge in [-0.05, 0) is 38.7 Å². The van der Waals surface area contributed by atoms with E-state index >= 15 is 0 Å². The first-order valence-electron chi connectivity index (χ1n) is 5.84. The molecule has 1 rings (SSSR count). The number of rotatable bonds is 6. The van der Waals surface area contributed by atoms with Gasteiger partial charge in [0.1, 0.15) is 0 Å². The highest BCUT2D eigenvalue weighted by atomic mass is 16.1. The molecule has 3 heteroatoms. The molecule has 0 aliphatic rings. The maximum Gasteiger partial charge on any atom is 0.243 e. The summed E-state index contributed by atoms with van der Waals surface area (Å²) in [4.78, 5) is 13.6. The van der Waals surface area contributed by atoms with E-state index < -0.39 is 0 Å². The molecule has 0 atom stereocenters. The third kappa shape index (κ3) is 6.53. The van der Waals surface area contributed by atoms with Crippen molar-refractivity contribution in [3.05, 3.63) is 42.0 Å². The summed E-state index contributed by atoms with van der Waals surface area (Å²) in [5.41, 5.74) is 1.04. The molecule has 0 bridgehead atoms. The van der Waals surface area contributed by atoms with Gasteiger partial charge in [0.05, 0.1) is 0 Å². The Morgan fingerprint density at radius 2 is 2.00 bits per heavy atom. The van der Waals surface area contributed by atoms with Gasteiger partial charge in [0, 0.05) is 12.6 Å². The second-order valence-electron chi connectivity index (χ2n) is 4.19. The van der Waals surface area contributed by atoms with Gasteiger partial charge in [-0.15, -0.1) is 0 Å². The molecule has 3 nitrogen and oxygen atoms in total. The standard InChI is InChI=1S/C14H20N2O/c1-16(2)12-6-11-15-14(17)10-9-13-7-4-3-5-8-13/h3-5,7-10H,6,11-12H2,1-2H3,(H,15,17)/b10-9+. The molecule has 0 saturated heterocycles. The van der Waals surface area contributed by atoms with Crippen LogP contribution in [-0.2, 0) is 4.79 Å². The maximum absolute atomic E-state index is 11.4. The Morgan fingerprint density at radius 3 is 2.65 bits per heavy atom. The van der Waals surface area contributed by atoms with Crippen LogP contribution in [0.15, 0.2) is 36.4 Å². The molecule has 0 aromatic heterocycles. The van der Waals surface area contributed by atoms with Crippen molar-refractivity contribution in [3.8, 4) is 0 Å². The average Bonchev–Trinajstić information content (AvgIpc) is 2.33. The normalized spacial score (nSPS) is 11.0. The largest absolute Gasteiger partial charge is 0.353 e. The summed E-state index contributed by atoms with van der Waals surface area (Å²) >= 11 is 0. The zero-order valence-corrected chi connectivity index (χ0v) is 10.5. The third-order valence-corrected chi connectivity index (χ3v) is 2.31. The molecule has 1 aromatic carbocycles. The van der Waals surface area contributed by atoms with Crippen LogP contribution in [0.2, 0.25) is 0 Å². The van der Waals surface area contributed by atoms with Crippen molar-refractivity contribution in [1.82, 2.24) is 10.2 Å². The Morgan fingerprint density at radius 1 is 1.29 bits per heavy atom. The molecule has 0 radical (unpaired) electrons. The van der Waals surface area contributed by atoms with Gasteiger partial charge in [-0.2, -0.15) is 0 Å². The fourth-order valence-corrected chi connectivity index (χ4v) is 1.40. The van der Waals surface area contributed by atoms with E-state index in [-0.39, 0.29) is 5.91 Å². The number of carbonyl (C=O) groups excluding carboxylic acids is 1. The van der Waals surface area contributed by atoms with E-state index in [4.69, 9.17) is 0 Å². The molecule has 17 heavy (non-hydrogen) atoms. The van der Waals surface area contributed by atoms with E-state index in [1.54, 1.807) is 6.08 Å². The van der Waals surface area contributed by atoms with Crippen molar-refractivity contribution < 1.29 is 4.79 Å². The smallest absolute Gasteiger partial charge is 0.243 e. The van der Waals surface area contributed by atoms with E-state index in [2.05, 4.69) is 10.2 Å². The van der Waals surface area contributed by atoms with Crippen molar-refractivity contribution in [2.45, 2.75) is 6.42 Å². The Labute approximate surface area is 103 Å². The van der Waals surface area contributed by atoms with Crippen LogP contribution >= 0.6 is 0 Å². The average molecular weight is 232 g/mol. The number of nitrogens with one attached hydrogen (secondary N) is 1. The quantitative estimate of drug-likeness (QED) is 0.599. The first-order valence-corrected chi connectivity index (χ1v) is 5.84. The van der Waals surface area contributed by atoms with Crippen LogP contribution in [0.25, 0.3) is 6.08 Å². The molecule has 1 aromatic rings. The minimum absolute atomic E-state index is 0.0346. The summed E-state index contributed by atoms with van der Waals surface area (Å²) in [5, 5.41) is 2.86. The molecular formula is C14H20N2O. The Hall–Kier alpha value is -1.61. The Kier molecular flexibility index (Phi) is 6.04. The highest BCUT2D eigenvalue weighted by Gasteiger charge is 1.95. The third-order valence-electron chi connectivity index (χ3n) is 2.31. The molecule has 92 valence electrons. The lowest BCUT2D eigenvalue weighted by molar-refractivity contribution is -0.116. The van der Waals surface area contributed by atoms with Gasteiger partial charge >= 0.3 is 0 Å². The number of hydrogen-bond donors (Lipinski definition) is 1. The van der Waals surface area contributed by atoms with Gasteiger partial charge in [0.25, 0.3) is 0 Å². The van der Waals surface area contributed by atoms with Crippen LogP contribution in [0.5, 0.6) is 0 Å².